The molecule has 0 fully saturated rings. The molecule has 0 aromatic rings. The van der Waals surface area contributed by atoms with Crippen LogP contribution >= 0.6 is 7.14 Å². The molecule has 0 heterocycles. The normalized spacial score (nSPS) is 10.5. The van der Waals surface area contributed by atoms with Gasteiger partial charge in [-0.3, -0.25) is 14.4 Å². The molecule has 0 aromatic heterocycles. The van der Waals surface area contributed by atoms with E-state index in [0.717, 1.165) is 0 Å². The topological polar surface area (TPSA) is 71.5 Å². The van der Waals surface area contributed by atoms with E-state index in [1.807, 2.05) is 0 Å². The Hall–Kier alpha value is -0.960. The van der Waals surface area contributed by atoms with E-state index in [2.05, 4.69) is 0 Å². The van der Waals surface area contributed by atoms with E-state index in [1.54, 1.807) is 0 Å². The maximum atomic E-state index is 11.1. The summed E-state index contributed by atoms with van der Waals surface area (Å²) in [4.78, 5) is 32.4. The average molecular weight is 191 g/mol. The molecule has 0 atom stereocenters. The van der Waals surface area contributed by atoms with E-state index < -0.39 is 19.2 Å². The molecule has 5 nitrogen and oxygen atoms in total. The van der Waals surface area contributed by atoms with E-state index in [9.17, 15) is 18.9 Å². The van der Waals surface area contributed by atoms with Gasteiger partial charge < -0.3 is 9.46 Å². The van der Waals surface area contributed by atoms with E-state index in [1.165, 1.54) is 19.0 Å². The van der Waals surface area contributed by atoms with Crippen molar-refractivity contribution in [1.82, 2.24) is 4.90 Å². The second-order valence-corrected chi connectivity index (χ2v) is 4.96. The molecule has 68 valence electrons. The van der Waals surface area contributed by atoms with Gasteiger partial charge in [0, 0.05) is 14.1 Å². The molecule has 0 radical (unpaired) electrons. The van der Waals surface area contributed by atoms with Gasteiger partial charge in [0.05, 0.1) is 6.16 Å². The molecule has 0 saturated carbocycles. The van der Waals surface area contributed by atoms with Crippen molar-refractivity contribution >= 4 is 25.1 Å². The third kappa shape index (κ3) is 2.96. The number of hydrogen-bond donors (Lipinski definition) is 0. The van der Waals surface area contributed by atoms with Crippen LogP contribution in [-0.4, -0.2) is 43.1 Å². The van der Waals surface area contributed by atoms with Gasteiger partial charge in [0.25, 0.3) is 0 Å². The highest BCUT2D eigenvalue weighted by atomic mass is 31.2. The lowest BCUT2D eigenvalue weighted by atomic mass is 10.6. The summed E-state index contributed by atoms with van der Waals surface area (Å²) < 4.78 is 11.1. The van der Waals surface area contributed by atoms with Gasteiger partial charge in [-0.25, -0.2) is 0 Å². The lowest BCUT2D eigenvalue weighted by Gasteiger charge is -2.10. The summed E-state index contributed by atoms with van der Waals surface area (Å²) in [5, 5.41) is 0. The van der Waals surface area contributed by atoms with Crippen molar-refractivity contribution in [2.24, 2.45) is 0 Å². The van der Waals surface area contributed by atoms with Gasteiger partial charge in [-0.1, -0.05) is 0 Å². The van der Waals surface area contributed by atoms with Crippen LogP contribution in [0, 0.1) is 0 Å². The molecule has 0 aliphatic rings. The number of rotatable bonds is 4. The van der Waals surface area contributed by atoms with Gasteiger partial charge >= 0.3 is 0 Å². The van der Waals surface area contributed by atoms with Crippen LogP contribution in [0.1, 0.15) is 0 Å². The molecule has 0 saturated heterocycles. The fraction of sp³-hybridized carbons (Fsp3) is 0.500. The third-order valence-electron chi connectivity index (χ3n) is 1.24. The highest BCUT2D eigenvalue weighted by Gasteiger charge is 2.25. The van der Waals surface area contributed by atoms with E-state index in [0.29, 0.717) is 0 Å². The second kappa shape index (κ2) is 4.16. The zero-order chi connectivity index (χ0) is 9.78. The van der Waals surface area contributed by atoms with Crippen LogP contribution < -0.4 is 0 Å². The molecule has 0 bridgehead atoms. The summed E-state index contributed by atoms with van der Waals surface area (Å²) in [5.74, 6) is -0.488. The molecule has 0 unspecified atom stereocenters. The first-order valence-corrected chi connectivity index (χ1v) is 5.19. The fourth-order valence-corrected chi connectivity index (χ4v) is 1.36. The molecule has 0 aliphatic carbocycles. The van der Waals surface area contributed by atoms with Crippen LogP contribution in [0.2, 0.25) is 0 Å². The van der Waals surface area contributed by atoms with Gasteiger partial charge in [-0.15, -0.1) is 0 Å². The molecule has 1 amide bonds. The SMILES string of the molecule is CN(C)C(=O)CP(=O)(C=O)C=O. The molecule has 6 heteroatoms. The maximum absolute atomic E-state index is 11.1. The van der Waals surface area contributed by atoms with Gasteiger partial charge in [0.15, 0.2) is 12.1 Å². The maximum Gasteiger partial charge on any atom is 0.230 e. The summed E-state index contributed by atoms with van der Waals surface area (Å²) in [6.45, 7) is 0. The minimum Gasteiger partial charge on any atom is -0.348 e. The van der Waals surface area contributed by atoms with Crippen molar-refractivity contribution in [2.75, 3.05) is 20.3 Å². The molecule has 0 N–H and O–H groups in total. The van der Waals surface area contributed by atoms with Crippen molar-refractivity contribution in [3.8, 4) is 0 Å². The molecular formula is C6H10NO4P. The van der Waals surface area contributed by atoms with Crippen LogP contribution in [-0.2, 0) is 18.9 Å². The van der Waals surface area contributed by atoms with Gasteiger partial charge in [0.2, 0.25) is 13.0 Å². The minimum absolute atomic E-state index is 0.0569. The quantitative estimate of drug-likeness (QED) is 0.456. The lowest BCUT2D eigenvalue weighted by molar-refractivity contribution is -0.125. The molecular weight excluding hydrogens is 181 g/mol. The summed E-state index contributed by atoms with van der Waals surface area (Å²) in [6, 6.07) is 0.114. The Morgan fingerprint density at radius 3 is 2.00 bits per heavy atom. The Balaban J connectivity index is 4.43. The van der Waals surface area contributed by atoms with Crippen LogP contribution in [0.3, 0.4) is 0 Å². The number of carbonyl (C=O) groups excluding carboxylic acids is 3. The molecule has 0 rings (SSSR count). The predicted octanol–water partition coefficient (Wildman–Crippen LogP) is -0.182. The Morgan fingerprint density at radius 1 is 1.33 bits per heavy atom. The van der Waals surface area contributed by atoms with Crippen LogP contribution in [0.4, 0.5) is 0 Å². The summed E-state index contributed by atoms with van der Waals surface area (Å²) in [7, 11) is -0.622. The van der Waals surface area contributed by atoms with Crippen LogP contribution in [0.5, 0.6) is 0 Å². The van der Waals surface area contributed by atoms with E-state index >= 15 is 0 Å². The van der Waals surface area contributed by atoms with Crippen LogP contribution in [0.25, 0.3) is 0 Å². The van der Waals surface area contributed by atoms with Crippen molar-refractivity contribution in [3.63, 3.8) is 0 Å². The summed E-state index contributed by atoms with van der Waals surface area (Å²) in [6.07, 6.45) is -0.507. The fourth-order valence-electron chi connectivity index (χ4n) is 0.452. The van der Waals surface area contributed by atoms with Gasteiger partial charge in [-0.05, 0) is 0 Å². The number of amides is 1. The smallest absolute Gasteiger partial charge is 0.230 e. The number of carbonyl (C=O) groups is 3. The molecule has 12 heavy (non-hydrogen) atoms. The first-order chi connectivity index (χ1) is 5.45. The molecule has 0 spiro atoms. The predicted molar refractivity (Wildman–Crippen MR) is 44.7 cm³/mol. The standard InChI is InChI=1S/C6H10NO4P/c1-7(2)6(10)3-12(11,4-8)5-9/h4-5H,3H2,1-2H3. The first kappa shape index (κ1) is 11.0. The van der Waals surface area contributed by atoms with Crippen LogP contribution in [0.15, 0.2) is 0 Å². The van der Waals surface area contributed by atoms with Gasteiger partial charge in [-0.2, -0.15) is 0 Å². The number of nitrogens with zero attached hydrogens (tertiary/aromatic N) is 1. The van der Waals surface area contributed by atoms with Crippen molar-refractivity contribution in [1.29, 1.82) is 0 Å². The third-order valence-corrected chi connectivity index (χ3v) is 2.72. The summed E-state index contributed by atoms with van der Waals surface area (Å²) in [5.41, 5.74) is 0. The van der Waals surface area contributed by atoms with Gasteiger partial charge in [0.1, 0.15) is 0 Å². The van der Waals surface area contributed by atoms with Crippen molar-refractivity contribution in [2.45, 2.75) is 0 Å². The van der Waals surface area contributed by atoms with E-state index in [-0.39, 0.29) is 12.1 Å². The van der Waals surface area contributed by atoms with E-state index in [4.69, 9.17) is 0 Å². The van der Waals surface area contributed by atoms with Crippen molar-refractivity contribution < 1.29 is 18.9 Å². The lowest BCUT2D eigenvalue weighted by Crippen LogP contribution is -2.25. The molecule has 0 aliphatic heterocycles. The second-order valence-electron chi connectivity index (χ2n) is 2.51. The Morgan fingerprint density at radius 2 is 1.75 bits per heavy atom. The Labute approximate surface area is 70.1 Å². The zero-order valence-electron chi connectivity index (χ0n) is 6.89. The highest BCUT2D eigenvalue weighted by molar-refractivity contribution is 7.91. The largest absolute Gasteiger partial charge is 0.348 e. The minimum atomic E-state index is -3.54. The Kier molecular flexibility index (Phi) is 3.83. The monoisotopic (exact) mass is 191 g/mol. The summed E-state index contributed by atoms with van der Waals surface area (Å²) >= 11 is 0. The Bertz CT molecular complexity index is 236. The molecule has 0 aromatic carbocycles. The average Bonchev–Trinajstić information content (AvgIpc) is 2.04. The number of hydrogen-bond acceptors (Lipinski definition) is 4. The van der Waals surface area contributed by atoms with Crippen molar-refractivity contribution in [3.05, 3.63) is 0 Å². The first-order valence-electron chi connectivity index (χ1n) is 3.16. The highest BCUT2D eigenvalue weighted by Crippen LogP contribution is 2.37. The zero-order valence-corrected chi connectivity index (χ0v) is 7.78.